The number of anilines is 1. The van der Waals surface area contributed by atoms with Crippen LogP contribution >= 0.6 is 0 Å². The zero-order valence-corrected chi connectivity index (χ0v) is 12.8. The second-order valence-electron chi connectivity index (χ2n) is 6.05. The van der Waals surface area contributed by atoms with Gasteiger partial charge in [0.15, 0.2) is 0 Å². The summed E-state index contributed by atoms with van der Waals surface area (Å²) in [5.41, 5.74) is 6.39. The van der Waals surface area contributed by atoms with E-state index in [-0.39, 0.29) is 11.5 Å². The van der Waals surface area contributed by atoms with Crippen molar-refractivity contribution in [1.29, 1.82) is 0 Å². The fraction of sp³-hybridized carbons (Fsp3) is 0.562. The van der Waals surface area contributed by atoms with Gasteiger partial charge in [-0.2, -0.15) is 0 Å². The summed E-state index contributed by atoms with van der Waals surface area (Å²) < 4.78 is 13.3. The van der Waals surface area contributed by atoms with Gasteiger partial charge in [0.2, 0.25) is 0 Å². The van der Waals surface area contributed by atoms with E-state index in [4.69, 9.17) is 5.73 Å². The largest absolute Gasteiger partial charge is 0.398 e. The highest BCUT2D eigenvalue weighted by Crippen LogP contribution is 2.17. The van der Waals surface area contributed by atoms with Crippen molar-refractivity contribution in [3.05, 3.63) is 29.6 Å². The quantitative estimate of drug-likeness (QED) is 0.866. The summed E-state index contributed by atoms with van der Waals surface area (Å²) in [4.78, 5) is 16.5. The standard InChI is InChI=1S/C16H24FN3O/c1-12(2)5-6-19-7-9-20(10-8-19)16(21)14-11-13(17)3-4-15(14)18/h3-4,11-12H,5-10,18H2,1-2H3. The van der Waals surface area contributed by atoms with E-state index >= 15 is 0 Å². The van der Waals surface area contributed by atoms with Gasteiger partial charge in [-0.25, -0.2) is 4.39 Å². The number of benzene rings is 1. The number of rotatable bonds is 4. The second kappa shape index (κ2) is 6.89. The van der Waals surface area contributed by atoms with Crippen LogP contribution in [0.5, 0.6) is 0 Å². The van der Waals surface area contributed by atoms with Crippen LogP contribution in [0.2, 0.25) is 0 Å². The number of carbonyl (C=O) groups is 1. The molecule has 0 atom stereocenters. The fourth-order valence-corrected chi connectivity index (χ4v) is 2.50. The maximum Gasteiger partial charge on any atom is 0.256 e. The van der Waals surface area contributed by atoms with Crippen LogP contribution in [0, 0.1) is 11.7 Å². The minimum Gasteiger partial charge on any atom is -0.398 e. The zero-order valence-electron chi connectivity index (χ0n) is 12.8. The van der Waals surface area contributed by atoms with E-state index in [1.807, 2.05) is 0 Å². The molecule has 1 heterocycles. The number of nitrogens with two attached hydrogens (primary N) is 1. The van der Waals surface area contributed by atoms with Gasteiger partial charge in [0.1, 0.15) is 5.82 Å². The average Bonchev–Trinajstić information content (AvgIpc) is 2.47. The molecule has 0 aromatic heterocycles. The smallest absolute Gasteiger partial charge is 0.256 e. The van der Waals surface area contributed by atoms with Crippen molar-refractivity contribution in [2.45, 2.75) is 20.3 Å². The molecule has 1 aliphatic rings. The molecular weight excluding hydrogens is 269 g/mol. The molecule has 1 saturated heterocycles. The van der Waals surface area contributed by atoms with Gasteiger partial charge in [0.05, 0.1) is 5.56 Å². The van der Waals surface area contributed by atoms with Crippen LogP contribution in [0.3, 0.4) is 0 Å². The molecule has 0 radical (unpaired) electrons. The third-order valence-electron chi connectivity index (χ3n) is 3.93. The van der Waals surface area contributed by atoms with Crippen molar-refractivity contribution in [1.82, 2.24) is 9.80 Å². The van der Waals surface area contributed by atoms with Gasteiger partial charge in [-0.15, -0.1) is 0 Å². The molecule has 2 rings (SSSR count). The molecule has 5 heteroatoms. The number of nitrogens with zero attached hydrogens (tertiary/aromatic N) is 2. The Kier molecular flexibility index (Phi) is 5.17. The number of nitrogen functional groups attached to an aromatic ring is 1. The van der Waals surface area contributed by atoms with Crippen LogP contribution in [0.15, 0.2) is 18.2 Å². The molecule has 0 spiro atoms. The van der Waals surface area contributed by atoms with E-state index in [0.717, 1.165) is 19.6 Å². The third kappa shape index (κ3) is 4.17. The molecule has 1 aromatic carbocycles. The Bertz CT molecular complexity index is 496. The Morgan fingerprint density at radius 2 is 1.95 bits per heavy atom. The van der Waals surface area contributed by atoms with Gasteiger partial charge in [0, 0.05) is 31.9 Å². The number of amides is 1. The van der Waals surface area contributed by atoms with Crippen LogP contribution in [-0.4, -0.2) is 48.4 Å². The van der Waals surface area contributed by atoms with Gasteiger partial charge in [-0.1, -0.05) is 13.8 Å². The number of carbonyl (C=O) groups excluding carboxylic acids is 1. The highest BCUT2D eigenvalue weighted by Gasteiger charge is 2.23. The van der Waals surface area contributed by atoms with Gasteiger partial charge in [-0.05, 0) is 37.1 Å². The van der Waals surface area contributed by atoms with Gasteiger partial charge < -0.3 is 10.6 Å². The lowest BCUT2D eigenvalue weighted by Gasteiger charge is -2.35. The van der Waals surface area contributed by atoms with Gasteiger partial charge >= 0.3 is 0 Å². The topological polar surface area (TPSA) is 49.6 Å². The number of hydrogen-bond acceptors (Lipinski definition) is 3. The van der Waals surface area contributed by atoms with E-state index in [2.05, 4.69) is 18.7 Å². The first-order chi connectivity index (χ1) is 9.97. The second-order valence-corrected chi connectivity index (χ2v) is 6.05. The molecule has 4 nitrogen and oxygen atoms in total. The van der Waals surface area contributed by atoms with Gasteiger partial charge in [0.25, 0.3) is 5.91 Å². The van der Waals surface area contributed by atoms with E-state index in [9.17, 15) is 9.18 Å². The van der Waals surface area contributed by atoms with Crippen LogP contribution in [0.1, 0.15) is 30.6 Å². The Hall–Kier alpha value is -1.62. The Morgan fingerprint density at radius 3 is 2.57 bits per heavy atom. The minimum atomic E-state index is -0.428. The number of piperazine rings is 1. The molecule has 116 valence electrons. The normalized spacial score (nSPS) is 16.5. The monoisotopic (exact) mass is 293 g/mol. The molecule has 1 fully saturated rings. The molecule has 1 aromatic rings. The molecule has 0 saturated carbocycles. The summed E-state index contributed by atoms with van der Waals surface area (Å²) in [7, 11) is 0. The Labute approximate surface area is 125 Å². The maximum atomic E-state index is 13.3. The van der Waals surface area contributed by atoms with Gasteiger partial charge in [-0.3, -0.25) is 9.69 Å². The Morgan fingerprint density at radius 1 is 1.29 bits per heavy atom. The predicted molar refractivity (Wildman–Crippen MR) is 82.6 cm³/mol. The molecule has 0 bridgehead atoms. The third-order valence-corrected chi connectivity index (χ3v) is 3.93. The first kappa shape index (κ1) is 15.8. The predicted octanol–water partition coefficient (Wildman–Crippen LogP) is 2.21. The van der Waals surface area contributed by atoms with Crippen molar-refractivity contribution in [2.75, 3.05) is 38.5 Å². The van der Waals surface area contributed by atoms with E-state index in [1.165, 1.54) is 24.6 Å². The molecule has 2 N–H and O–H groups in total. The fourth-order valence-electron chi connectivity index (χ4n) is 2.50. The van der Waals surface area contributed by atoms with Crippen LogP contribution in [-0.2, 0) is 0 Å². The van der Waals surface area contributed by atoms with Crippen LogP contribution < -0.4 is 5.73 Å². The molecule has 21 heavy (non-hydrogen) atoms. The summed E-state index contributed by atoms with van der Waals surface area (Å²) in [5.74, 6) is 0.0929. The van der Waals surface area contributed by atoms with Crippen molar-refractivity contribution in [2.24, 2.45) is 5.92 Å². The first-order valence-corrected chi connectivity index (χ1v) is 7.54. The summed E-state index contributed by atoms with van der Waals surface area (Å²) in [6, 6.07) is 3.94. The van der Waals surface area contributed by atoms with Crippen molar-refractivity contribution >= 4 is 11.6 Å². The average molecular weight is 293 g/mol. The lowest BCUT2D eigenvalue weighted by molar-refractivity contribution is 0.0632. The summed E-state index contributed by atoms with van der Waals surface area (Å²) in [6.45, 7) is 8.59. The summed E-state index contributed by atoms with van der Waals surface area (Å²) in [6.07, 6.45) is 1.17. The van der Waals surface area contributed by atoms with E-state index in [0.29, 0.717) is 24.7 Å². The van der Waals surface area contributed by atoms with Crippen molar-refractivity contribution in [3.63, 3.8) is 0 Å². The summed E-state index contributed by atoms with van der Waals surface area (Å²) >= 11 is 0. The molecule has 1 aliphatic heterocycles. The zero-order chi connectivity index (χ0) is 15.4. The van der Waals surface area contributed by atoms with Crippen molar-refractivity contribution < 1.29 is 9.18 Å². The SMILES string of the molecule is CC(C)CCN1CCN(C(=O)c2cc(F)ccc2N)CC1. The minimum absolute atomic E-state index is 0.171. The number of hydrogen-bond donors (Lipinski definition) is 1. The van der Waals surface area contributed by atoms with Crippen LogP contribution in [0.25, 0.3) is 0 Å². The molecule has 1 amide bonds. The van der Waals surface area contributed by atoms with E-state index < -0.39 is 5.82 Å². The number of halogens is 1. The highest BCUT2D eigenvalue weighted by molar-refractivity contribution is 5.99. The summed E-state index contributed by atoms with van der Waals surface area (Å²) in [5, 5.41) is 0. The lowest BCUT2D eigenvalue weighted by atomic mass is 10.1. The van der Waals surface area contributed by atoms with Crippen molar-refractivity contribution in [3.8, 4) is 0 Å². The highest BCUT2D eigenvalue weighted by atomic mass is 19.1. The first-order valence-electron chi connectivity index (χ1n) is 7.54. The van der Waals surface area contributed by atoms with E-state index in [1.54, 1.807) is 4.90 Å². The molecule has 0 aliphatic carbocycles. The maximum absolute atomic E-state index is 13.3. The molecule has 0 unspecified atom stereocenters. The lowest BCUT2D eigenvalue weighted by Crippen LogP contribution is -2.49. The van der Waals surface area contributed by atoms with Crippen LogP contribution in [0.4, 0.5) is 10.1 Å². The molecular formula is C16H24FN3O. The Balaban J connectivity index is 1.92.